The molecule has 4 fully saturated rings. The van der Waals surface area contributed by atoms with Gasteiger partial charge in [-0.05, 0) is 108 Å². The van der Waals surface area contributed by atoms with Crippen molar-refractivity contribution in [3.8, 4) is 0 Å². The first-order valence-electron chi connectivity index (χ1n) is 9.81. The molecule has 0 aromatic heterocycles. The van der Waals surface area contributed by atoms with Crippen molar-refractivity contribution in [3.05, 3.63) is 168 Å². The number of hydrogen-bond donors (Lipinski definition) is 0. The third-order valence-electron chi connectivity index (χ3n) is 4.70. The molecular weight excluding hydrogens is 423 g/mol. The van der Waals surface area contributed by atoms with E-state index in [-0.39, 0.29) is 17.1 Å². The summed E-state index contributed by atoms with van der Waals surface area (Å²) in [7, 11) is -0.414. The summed E-state index contributed by atoms with van der Waals surface area (Å²) >= 11 is 0. The number of hydrogen-bond acceptors (Lipinski definition) is 0. The Labute approximate surface area is 198 Å². The van der Waals surface area contributed by atoms with Gasteiger partial charge in [0, 0.05) is 23.2 Å². The largest absolute Gasteiger partial charge is 2.00 e. The Morgan fingerprint density at radius 1 is 0.433 bits per heavy atom. The van der Waals surface area contributed by atoms with E-state index in [2.05, 4.69) is 81.0 Å². The SMILES string of the molecule is [CH]1[CH][CH][CH][CH]1.[CH]1[CH][CH][CH][CH]1.[CH]1[CH][C]2C=C[C]3[CH][CH][CH][C]3P(c3ccccc3)[C]2[CH]1.[Fe+2]. The second kappa shape index (κ2) is 13.5. The van der Waals surface area contributed by atoms with E-state index in [0.29, 0.717) is 0 Å². The maximum Gasteiger partial charge on any atom is 2.00 e. The van der Waals surface area contributed by atoms with Crippen molar-refractivity contribution >= 4 is 13.2 Å². The molecule has 5 aliphatic rings. The van der Waals surface area contributed by atoms with Crippen LogP contribution in [-0.2, 0) is 17.1 Å². The summed E-state index contributed by atoms with van der Waals surface area (Å²) < 4.78 is 0. The molecule has 146 valence electrons. The van der Waals surface area contributed by atoms with Gasteiger partial charge in [0.25, 0.3) is 0 Å². The normalized spacial score (nSPS) is 24.8. The zero-order chi connectivity index (χ0) is 19.7. The first kappa shape index (κ1) is 24.5. The van der Waals surface area contributed by atoms with E-state index in [9.17, 15) is 0 Å². The fourth-order valence-electron chi connectivity index (χ4n) is 3.34. The van der Waals surface area contributed by atoms with Crippen LogP contribution in [0.5, 0.6) is 0 Å². The molecule has 0 amide bonds. The Morgan fingerprint density at radius 3 is 1.23 bits per heavy atom. The van der Waals surface area contributed by atoms with Crippen LogP contribution in [0.1, 0.15) is 0 Å². The molecule has 30 heavy (non-hydrogen) atoms. The van der Waals surface area contributed by atoms with Gasteiger partial charge in [0.15, 0.2) is 0 Å². The molecule has 0 unspecified atom stereocenters. The van der Waals surface area contributed by atoms with Crippen LogP contribution < -0.4 is 5.30 Å². The van der Waals surface area contributed by atoms with Gasteiger partial charge in [0.2, 0.25) is 0 Å². The zero-order valence-corrected chi connectivity index (χ0v) is 18.6. The maximum absolute atomic E-state index is 2.28. The van der Waals surface area contributed by atoms with Crippen LogP contribution in [0.2, 0.25) is 0 Å². The standard InChI is InChI=1S/C18H13P.2C5H5.Fe/c1-2-8-16(9-3-1)19-17-10-4-6-14(17)12-13-15-7-5-11-18(15)19;2*1-2-4-5-3-1;/h1-13H;2*1-5H;/q;;;+2. The Morgan fingerprint density at radius 2 is 0.833 bits per heavy atom. The minimum absolute atomic E-state index is 0. The predicted molar refractivity (Wildman–Crippen MR) is 124 cm³/mol. The third-order valence-corrected chi connectivity index (χ3v) is 7.29. The number of allylic oxidation sites excluding steroid dienone is 2. The summed E-state index contributed by atoms with van der Waals surface area (Å²) in [6.07, 6.45) is 37.8. The van der Waals surface area contributed by atoms with E-state index in [1.807, 2.05) is 64.2 Å². The van der Waals surface area contributed by atoms with Gasteiger partial charge in [-0.1, -0.05) is 50.4 Å². The predicted octanol–water partition coefficient (Wildman–Crippen LogP) is 5.87. The molecule has 0 N–H and O–H groups in total. The summed E-state index contributed by atoms with van der Waals surface area (Å²) in [6.45, 7) is 0. The van der Waals surface area contributed by atoms with Crippen LogP contribution in [0.15, 0.2) is 42.5 Å². The molecule has 1 aromatic rings. The van der Waals surface area contributed by atoms with Gasteiger partial charge in [-0.25, -0.2) is 0 Å². The second-order valence-corrected chi connectivity index (χ2v) is 8.81. The minimum atomic E-state index is -0.414. The molecular formula is C28H23FeP+2. The van der Waals surface area contributed by atoms with Crippen molar-refractivity contribution in [3.63, 3.8) is 0 Å². The van der Waals surface area contributed by atoms with Crippen molar-refractivity contribution < 1.29 is 17.1 Å². The van der Waals surface area contributed by atoms with E-state index >= 15 is 0 Å². The second-order valence-electron chi connectivity index (χ2n) is 6.66. The molecule has 0 atom stereocenters. The smallest absolute Gasteiger partial charge is 0.0795 e. The van der Waals surface area contributed by atoms with Gasteiger partial charge in [-0.2, -0.15) is 0 Å². The average Bonchev–Trinajstić information content (AvgIpc) is 3.59. The topological polar surface area (TPSA) is 0 Å². The van der Waals surface area contributed by atoms with Crippen molar-refractivity contribution in [2.24, 2.45) is 0 Å². The van der Waals surface area contributed by atoms with Crippen molar-refractivity contribution in [2.45, 2.75) is 0 Å². The van der Waals surface area contributed by atoms with Gasteiger partial charge < -0.3 is 0 Å². The van der Waals surface area contributed by atoms with Crippen LogP contribution in [-0.4, -0.2) is 0 Å². The molecule has 1 heterocycles. The van der Waals surface area contributed by atoms with Crippen molar-refractivity contribution in [2.75, 3.05) is 0 Å². The van der Waals surface area contributed by atoms with Crippen molar-refractivity contribution in [1.29, 1.82) is 0 Å². The zero-order valence-electron chi connectivity index (χ0n) is 16.6. The van der Waals surface area contributed by atoms with Crippen LogP contribution in [0, 0.1) is 126 Å². The van der Waals surface area contributed by atoms with E-state index in [1.165, 1.54) is 28.5 Å². The Balaban J connectivity index is 0.000000192. The first-order valence-corrected chi connectivity index (χ1v) is 11.2. The van der Waals surface area contributed by atoms with Gasteiger partial charge >= 0.3 is 17.1 Å². The third kappa shape index (κ3) is 6.70. The van der Waals surface area contributed by atoms with Crippen LogP contribution >= 0.6 is 7.92 Å². The van der Waals surface area contributed by atoms with E-state index in [0.717, 1.165) is 0 Å². The van der Waals surface area contributed by atoms with Gasteiger partial charge in [0.05, 0.1) is 0 Å². The first-order chi connectivity index (χ1) is 14.4. The Kier molecular flexibility index (Phi) is 11.0. The molecule has 0 nitrogen and oxygen atoms in total. The Hall–Kier alpha value is -0.0905. The maximum atomic E-state index is 2.28. The summed E-state index contributed by atoms with van der Waals surface area (Å²) in [5.41, 5.74) is 2.95. The molecule has 0 spiro atoms. The van der Waals surface area contributed by atoms with Crippen LogP contribution in [0.4, 0.5) is 0 Å². The monoisotopic (exact) mass is 446 g/mol. The van der Waals surface area contributed by atoms with E-state index < -0.39 is 7.92 Å². The van der Waals surface area contributed by atoms with Gasteiger partial charge in [-0.3, -0.25) is 0 Å². The Bertz CT molecular complexity index is 555. The molecule has 2 heteroatoms. The number of rotatable bonds is 1. The number of fused-ring (bicyclic) bond motifs is 2. The van der Waals surface area contributed by atoms with Crippen LogP contribution in [0.25, 0.3) is 0 Å². The molecule has 4 aliphatic carbocycles. The molecule has 1 aromatic carbocycles. The fraction of sp³-hybridized carbons (Fsp3) is 0. The molecule has 0 saturated heterocycles. The molecule has 1 aliphatic heterocycles. The summed E-state index contributed by atoms with van der Waals surface area (Å²) in [5.74, 6) is 2.73. The average molecular weight is 446 g/mol. The number of benzene rings is 1. The summed E-state index contributed by atoms with van der Waals surface area (Å²) in [4.78, 5) is 0. The van der Waals surface area contributed by atoms with Gasteiger partial charge in [-0.15, -0.1) is 0 Å². The molecule has 20 radical (unpaired) electrons. The van der Waals surface area contributed by atoms with E-state index in [1.54, 1.807) is 0 Å². The summed E-state index contributed by atoms with van der Waals surface area (Å²) in [5, 5.41) is 1.43. The van der Waals surface area contributed by atoms with E-state index in [4.69, 9.17) is 0 Å². The summed E-state index contributed by atoms with van der Waals surface area (Å²) in [6, 6.07) is 10.9. The van der Waals surface area contributed by atoms with Crippen LogP contribution in [0.3, 0.4) is 0 Å². The quantitative estimate of drug-likeness (QED) is 0.374. The minimum Gasteiger partial charge on any atom is -0.0795 e. The molecule has 4 saturated carbocycles. The van der Waals surface area contributed by atoms with Crippen molar-refractivity contribution in [1.82, 2.24) is 0 Å². The molecule has 0 bridgehead atoms. The molecule has 6 rings (SSSR count). The fourth-order valence-corrected chi connectivity index (χ4v) is 5.92. The van der Waals surface area contributed by atoms with Gasteiger partial charge in [0.1, 0.15) is 0 Å².